The minimum Gasteiger partial charge on any atom is -0.317 e. The molecule has 2 fully saturated rings. The van der Waals surface area contributed by atoms with E-state index in [4.69, 9.17) is 0 Å². The van der Waals surface area contributed by atoms with Gasteiger partial charge in [0, 0.05) is 6.54 Å². The molecule has 0 atom stereocenters. The predicted molar refractivity (Wildman–Crippen MR) is 74.3 cm³/mol. The Morgan fingerprint density at radius 1 is 1.24 bits per heavy atom. The van der Waals surface area contributed by atoms with Crippen molar-refractivity contribution in [3.63, 3.8) is 0 Å². The first-order valence-corrected chi connectivity index (χ1v) is 7.76. The highest BCUT2D eigenvalue weighted by Crippen LogP contribution is 2.33. The van der Waals surface area contributed by atoms with Crippen molar-refractivity contribution in [2.24, 2.45) is 11.3 Å². The van der Waals surface area contributed by atoms with Crippen LogP contribution < -0.4 is 10.6 Å². The molecular formula is C15H30N2. The second-order valence-electron chi connectivity index (χ2n) is 6.26. The quantitative estimate of drug-likeness (QED) is 0.666. The maximum Gasteiger partial charge on any atom is 0.000876 e. The Hall–Kier alpha value is -0.0800. The smallest absolute Gasteiger partial charge is 0.000876 e. The van der Waals surface area contributed by atoms with Crippen LogP contribution in [0.25, 0.3) is 0 Å². The summed E-state index contributed by atoms with van der Waals surface area (Å²) in [5.74, 6) is 1.05. The van der Waals surface area contributed by atoms with Gasteiger partial charge in [-0.3, -0.25) is 0 Å². The summed E-state index contributed by atoms with van der Waals surface area (Å²) < 4.78 is 0. The van der Waals surface area contributed by atoms with Gasteiger partial charge in [0.15, 0.2) is 0 Å². The molecule has 1 saturated carbocycles. The predicted octanol–water partition coefficient (Wildman–Crippen LogP) is 2.94. The van der Waals surface area contributed by atoms with Gasteiger partial charge in [0.1, 0.15) is 0 Å². The Morgan fingerprint density at radius 3 is 2.59 bits per heavy atom. The lowest BCUT2D eigenvalue weighted by Gasteiger charge is -2.38. The van der Waals surface area contributed by atoms with Crippen LogP contribution in [0.5, 0.6) is 0 Å². The molecule has 2 rings (SSSR count). The molecule has 2 aliphatic rings. The molecule has 2 nitrogen and oxygen atoms in total. The zero-order valence-electron chi connectivity index (χ0n) is 11.6. The van der Waals surface area contributed by atoms with Crippen LogP contribution in [0.4, 0.5) is 0 Å². The van der Waals surface area contributed by atoms with E-state index in [1.165, 1.54) is 77.5 Å². The van der Waals surface area contributed by atoms with Crippen molar-refractivity contribution in [1.29, 1.82) is 0 Å². The molecule has 1 saturated heterocycles. The third kappa shape index (κ3) is 3.96. The van der Waals surface area contributed by atoms with E-state index in [1.807, 2.05) is 0 Å². The molecular weight excluding hydrogens is 208 g/mol. The number of rotatable bonds is 7. The molecule has 0 unspecified atom stereocenters. The van der Waals surface area contributed by atoms with Crippen molar-refractivity contribution in [2.75, 3.05) is 26.2 Å². The summed E-state index contributed by atoms with van der Waals surface area (Å²) in [6.45, 7) is 7.30. The van der Waals surface area contributed by atoms with Crippen molar-refractivity contribution >= 4 is 0 Å². The molecule has 0 aromatic heterocycles. The fourth-order valence-corrected chi connectivity index (χ4v) is 3.44. The second-order valence-corrected chi connectivity index (χ2v) is 6.26. The first-order chi connectivity index (χ1) is 8.35. The van der Waals surface area contributed by atoms with Crippen LogP contribution in [0.3, 0.4) is 0 Å². The molecule has 100 valence electrons. The van der Waals surface area contributed by atoms with Gasteiger partial charge in [-0.05, 0) is 56.7 Å². The Labute approximate surface area is 107 Å². The van der Waals surface area contributed by atoms with E-state index < -0.39 is 0 Å². The average molecular weight is 238 g/mol. The molecule has 0 radical (unpaired) electrons. The van der Waals surface area contributed by atoms with Gasteiger partial charge in [-0.2, -0.15) is 0 Å². The Balaban J connectivity index is 1.65. The van der Waals surface area contributed by atoms with Crippen molar-refractivity contribution in [3.05, 3.63) is 0 Å². The summed E-state index contributed by atoms with van der Waals surface area (Å²) in [5, 5.41) is 7.25. The van der Waals surface area contributed by atoms with Gasteiger partial charge in [-0.15, -0.1) is 0 Å². The van der Waals surface area contributed by atoms with Crippen LogP contribution in [-0.2, 0) is 0 Å². The molecule has 1 heterocycles. The third-order valence-electron chi connectivity index (χ3n) is 4.90. The van der Waals surface area contributed by atoms with Gasteiger partial charge in [0.25, 0.3) is 0 Å². The standard InChI is InChI=1S/C15H30N2/c1-2-7-15(8-11-16-12-9-15)13-17-10-6-14-4-3-5-14/h14,16-17H,2-13H2,1H3. The van der Waals surface area contributed by atoms with E-state index in [-0.39, 0.29) is 0 Å². The first-order valence-electron chi connectivity index (χ1n) is 7.76. The number of piperidine rings is 1. The molecule has 0 aromatic rings. The fourth-order valence-electron chi connectivity index (χ4n) is 3.44. The van der Waals surface area contributed by atoms with Crippen LogP contribution in [0.2, 0.25) is 0 Å². The number of nitrogens with one attached hydrogen (secondary N) is 2. The van der Waals surface area contributed by atoms with Crippen molar-refractivity contribution < 1.29 is 0 Å². The van der Waals surface area contributed by atoms with E-state index in [0.717, 1.165) is 5.92 Å². The number of hydrogen-bond acceptors (Lipinski definition) is 2. The van der Waals surface area contributed by atoms with Gasteiger partial charge in [-0.1, -0.05) is 32.6 Å². The van der Waals surface area contributed by atoms with E-state index >= 15 is 0 Å². The first kappa shape index (κ1) is 13.4. The van der Waals surface area contributed by atoms with Crippen molar-refractivity contribution in [3.8, 4) is 0 Å². The summed E-state index contributed by atoms with van der Waals surface area (Å²) in [6.07, 6.45) is 11.4. The molecule has 17 heavy (non-hydrogen) atoms. The van der Waals surface area contributed by atoms with Gasteiger partial charge < -0.3 is 10.6 Å². The molecule has 0 spiro atoms. The van der Waals surface area contributed by atoms with E-state index in [1.54, 1.807) is 0 Å². The monoisotopic (exact) mass is 238 g/mol. The SMILES string of the molecule is CCCC1(CNCCC2CCC2)CCNCC1. The van der Waals surface area contributed by atoms with Crippen LogP contribution in [0.15, 0.2) is 0 Å². The highest BCUT2D eigenvalue weighted by atomic mass is 14.9. The molecule has 1 aliphatic carbocycles. The summed E-state index contributed by atoms with van der Waals surface area (Å²) in [7, 11) is 0. The molecule has 2 N–H and O–H groups in total. The summed E-state index contributed by atoms with van der Waals surface area (Å²) in [5.41, 5.74) is 0.611. The normalized spacial score (nSPS) is 24.5. The lowest BCUT2D eigenvalue weighted by atomic mass is 9.75. The maximum atomic E-state index is 3.75. The highest BCUT2D eigenvalue weighted by molar-refractivity contribution is 4.86. The van der Waals surface area contributed by atoms with Crippen LogP contribution in [0.1, 0.15) is 58.3 Å². The van der Waals surface area contributed by atoms with Crippen LogP contribution >= 0.6 is 0 Å². The van der Waals surface area contributed by atoms with Crippen LogP contribution in [0, 0.1) is 11.3 Å². The largest absolute Gasteiger partial charge is 0.317 e. The Bertz CT molecular complexity index is 199. The van der Waals surface area contributed by atoms with E-state index in [2.05, 4.69) is 17.6 Å². The fraction of sp³-hybridized carbons (Fsp3) is 1.00. The van der Waals surface area contributed by atoms with E-state index in [0.29, 0.717) is 5.41 Å². The van der Waals surface area contributed by atoms with Crippen LogP contribution in [-0.4, -0.2) is 26.2 Å². The molecule has 2 heteroatoms. The minimum atomic E-state index is 0.611. The lowest BCUT2D eigenvalue weighted by Crippen LogP contribution is -2.43. The molecule has 0 bridgehead atoms. The minimum absolute atomic E-state index is 0.611. The topological polar surface area (TPSA) is 24.1 Å². The van der Waals surface area contributed by atoms with E-state index in [9.17, 15) is 0 Å². The highest BCUT2D eigenvalue weighted by Gasteiger charge is 2.30. The Morgan fingerprint density at radius 2 is 2.00 bits per heavy atom. The summed E-state index contributed by atoms with van der Waals surface area (Å²) >= 11 is 0. The zero-order chi connectivity index (χ0) is 12.0. The summed E-state index contributed by atoms with van der Waals surface area (Å²) in [4.78, 5) is 0. The lowest BCUT2D eigenvalue weighted by molar-refractivity contribution is 0.173. The maximum absolute atomic E-state index is 3.75. The molecule has 0 aromatic carbocycles. The van der Waals surface area contributed by atoms with Crippen molar-refractivity contribution in [2.45, 2.75) is 58.3 Å². The second kappa shape index (κ2) is 6.75. The number of hydrogen-bond donors (Lipinski definition) is 2. The zero-order valence-corrected chi connectivity index (χ0v) is 11.6. The average Bonchev–Trinajstić information content (AvgIpc) is 2.28. The third-order valence-corrected chi connectivity index (χ3v) is 4.90. The van der Waals surface area contributed by atoms with Crippen molar-refractivity contribution in [1.82, 2.24) is 10.6 Å². The van der Waals surface area contributed by atoms with Gasteiger partial charge in [0.2, 0.25) is 0 Å². The molecule has 1 aliphatic heterocycles. The molecule has 0 amide bonds. The Kier molecular flexibility index (Phi) is 5.30. The van der Waals surface area contributed by atoms with Gasteiger partial charge in [-0.25, -0.2) is 0 Å². The summed E-state index contributed by atoms with van der Waals surface area (Å²) in [6, 6.07) is 0. The van der Waals surface area contributed by atoms with Gasteiger partial charge >= 0.3 is 0 Å². The van der Waals surface area contributed by atoms with Gasteiger partial charge in [0.05, 0.1) is 0 Å².